The van der Waals surface area contributed by atoms with Crippen LogP contribution in [0.4, 0.5) is 0 Å². The second-order valence-electron chi connectivity index (χ2n) is 6.75. The van der Waals surface area contributed by atoms with Gasteiger partial charge in [0, 0.05) is 5.57 Å². The molecule has 0 aliphatic carbocycles. The summed E-state index contributed by atoms with van der Waals surface area (Å²) < 4.78 is 15.2. The third-order valence-electron chi connectivity index (χ3n) is 2.83. The van der Waals surface area contributed by atoms with Crippen molar-refractivity contribution >= 4 is 11.9 Å². The lowest BCUT2D eigenvalue weighted by molar-refractivity contribution is -0.169. The first-order valence-corrected chi connectivity index (χ1v) is 7.34. The number of aliphatic hydroxyl groups is 2. The van der Waals surface area contributed by atoms with E-state index in [1.54, 1.807) is 0 Å². The van der Waals surface area contributed by atoms with Gasteiger partial charge in [0.2, 0.25) is 0 Å². The van der Waals surface area contributed by atoms with Crippen molar-refractivity contribution in [3.05, 3.63) is 12.2 Å². The molecule has 0 radical (unpaired) electrons. The molecule has 0 aromatic heterocycles. The molecule has 0 fully saturated rings. The molecule has 0 spiro atoms. The van der Waals surface area contributed by atoms with Gasteiger partial charge in [0.15, 0.2) is 0 Å². The molecule has 0 saturated heterocycles. The van der Waals surface area contributed by atoms with Gasteiger partial charge in [0.1, 0.15) is 24.7 Å². The van der Waals surface area contributed by atoms with Crippen molar-refractivity contribution in [3.63, 3.8) is 0 Å². The van der Waals surface area contributed by atoms with E-state index in [0.29, 0.717) is 0 Å². The molecule has 0 bridgehead atoms. The molecule has 7 nitrogen and oxygen atoms in total. The lowest BCUT2D eigenvalue weighted by atomic mass is 9.93. The molecule has 0 aliphatic heterocycles. The Labute approximate surface area is 137 Å². The standard InChI is InChI=1S/C16H28O7/c1-11(2)13(19)21-7-12(18)8-22-14(20)16(6,9-17)10-23-15(3,4)5/h12,17-18H,1,7-10H2,2-6H3. The highest BCUT2D eigenvalue weighted by molar-refractivity contribution is 5.86. The highest BCUT2D eigenvalue weighted by Crippen LogP contribution is 2.21. The molecule has 0 aromatic carbocycles. The van der Waals surface area contributed by atoms with Crippen molar-refractivity contribution < 1.29 is 34.0 Å². The molecular weight excluding hydrogens is 304 g/mol. The van der Waals surface area contributed by atoms with E-state index in [1.165, 1.54) is 13.8 Å². The molecule has 2 N–H and O–H groups in total. The first-order valence-electron chi connectivity index (χ1n) is 7.34. The predicted octanol–water partition coefficient (Wildman–Crippen LogP) is 0.823. The van der Waals surface area contributed by atoms with E-state index in [2.05, 4.69) is 6.58 Å². The average Bonchev–Trinajstić information content (AvgIpc) is 2.46. The van der Waals surface area contributed by atoms with Gasteiger partial charge >= 0.3 is 11.9 Å². The lowest BCUT2D eigenvalue weighted by Gasteiger charge is -2.29. The third-order valence-corrected chi connectivity index (χ3v) is 2.83. The van der Waals surface area contributed by atoms with Gasteiger partial charge in [0.05, 0.1) is 18.8 Å². The van der Waals surface area contributed by atoms with E-state index < -0.39 is 35.7 Å². The number of carbonyl (C=O) groups excluding carboxylic acids is 2. The summed E-state index contributed by atoms with van der Waals surface area (Å²) in [4.78, 5) is 23.2. The van der Waals surface area contributed by atoms with E-state index in [1.807, 2.05) is 20.8 Å². The minimum atomic E-state index is -1.23. The molecule has 0 saturated carbocycles. The maximum absolute atomic E-state index is 12.1. The molecule has 2 atom stereocenters. The van der Waals surface area contributed by atoms with Gasteiger partial charge in [-0.15, -0.1) is 0 Å². The monoisotopic (exact) mass is 332 g/mol. The SMILES string of the molecule is C=C(C)C(=O)OCC(O)COC(=O)C(C)(CO)COC(C)(C)C. The smallest absolute Gasteiger partial charge is 0.333 e. The minimum Gasteiger partial charge on any atom is -0.462 e. The van der Waals surface area contributed by atoms with Crippen molar-refractivity contribution in [1.29, 1.82) is 0 Å². The molecule has 0 aromatic rings. The molecule has 0 amide bonds. The van der Waals surface area contributed by atoms with Crippen LogP contribution >= 0.6 is 0 Å². The molecular formula is C16H28O7. The number of aliphatic hydroxyl groups excluding tert-OH is 2. The van der Waals surface area contributed by atoms with Crippen molar-refractivity contribution in [1.82, 2.24) is 0 Å². The van der Waals surface area contributed by atoms with Gasteiger partial charge in [-0.25, -0.2) is 4.79 Å². The normalized spacial score (nSPS) is 15.4. The number of hydrogen-bond donors (Lipinski definition) is 2. The quantitative estimate of drug-likeness (QED) is 0.476. The molecule has 0 aliphatic rings. The van der Waals surface area contributed by atoms with Crippen molar-refractivity contribution in [3.8, 4) is 0 Å². The Morgan fingerprint density at radius 1 is 1.13 bits per heavy atom. The van der Waals surface area contributed by atoms with Crippen LogP contribution in [0.3, 0.4) is 0 Å². The van der Waals surface area contributed by atoms with E-state index in [0.717, 1.165) is 0 Å². The van der Waals surface area contributed by atoms with Gasteiger partial charge in [-0.1, -0.05) is 6.58 Å². The van der Waals surface area contributed by atoms with Crippen LogP contribution in [0.25, 0.3) is 0 Å². The van der Waals surface area contributed by atoms with E-state index in [-0.39, 0.29) is 25.4 Å². The first-order chi connectivity index (χ1) is 10.4. The fourth-order valence-electron chi connectivity index (χ4n) is 1.23. The van der Waals surface area contributed by atoms with Crippen LogP contribution in [0.15, 0.2) is 12.2 Å². The maximum atomic E-state index is 12.1. The van der Waals surface area contributed by atoms with Crippen molar-refractivity contribution in [2.75, 3.05) is 26.4 Å². The Balaban J connectivity index is 4.38. The zero-order valence-electron chi connectivity index (χ0n) is 14.5. The van der Waals surface area contributed by atoms with Gasteiger partial charge in [-0.2, -0.15) is 0 Å². The Morgan fingerprint density at radius 3 is 2.09 bits per heavy atom. The molecule has 23 heavy (non-hydrogen) atoms. The minimum absolute atomic E-state index is 0.0213. The van der Waals surface area contributed by atoms with Crippen molar-refractivity contribution in [2.45, 2.75) is 46.3 Å². The summed E-state index contributed by atoms with van der Waals surface area (Å²) in [6, 6.07) is 0. The predicted molar refractivity (Wildman–Crippen MR) is 83.6 cm³/mol. The number of esters is 2. The summed E-state index contributed by atoms with van der Waals surface area (Å²) in [6.07, 6.45) is -1.16. The van der Waals surface area contributed by atoms with Crippen LogP contribution in [0.1, 0.15) is 34.6 Å². The van der Waals surface area contributed by atoms with E-state index >= 15 is 0 Å². The van der Waals surface area contributed by atoms with Crippen LogP contribution < -0.4 is 0 Å². The summed E-state index contributed by atoms with van der Waals surface area (Å²) in [5.74, 6) is -1.33. The van der Waals surface area contributed by atoms with E-state index in [9.17, 15) is 19.8 Å². The summed E-state index contributed by atoms with van der Waals surface area (Å²) >= 11 is 0. The van der Waals surface area contributed by atoms with Crippen LogP contribution in [-0.2, 0) is 23.8 Å². The topological polar surface area (TPSA) is 102 Å². The zero-order valence-corrected chi connectivity index (χ0v) is 14.5. The molecule has 0 rings (SSSR count). The molecule has 2 unspecified atom stereocenters. The molecule has 7 heteroatoms. The van der Waals surface area contributed by atoms with Crippen LogP contribution in [0.5, 0.6) is 0 Å². The Morgan fingerprint density at radius 2 is 1.65 bits per heavy atom. The van der Waals surface area contributed by atoms with Crippen LogP contribution in [0.2, 0.25) is 0 Å². The number of hydrogen-bond acceptors (Lipinski definition) is 7. The average molecular weight is 332 g/mol. The maximum Gasteiger partial charge on any atom is 0.333 e. The number of rotatable bonds is 9. The largest absolute Gasteiger partial charge is 0.462 e. The fraction of sp³-hybridized carbons (Fsp3) is 0.750. The highest BCUT2D eigenvalue weighted by Gasteiger charge is 2.36. The van der Waals surface area contributed by atoms with Crippen LogP contribution in [-0.4, -0.2) is 60.3 Å². The summed E-state index contributed by atoms with van der Waals surface area (Å²) in [5.41, 5.74) is -1.49. The second-order valence-corrected chi connectivity index (χ2v) is 6.75. The first kappa shape index (κ1) is 21.6. The number of ether oxygens (including phenoxy) is 3. The highest BCUT2D eigenvalue weighted by atomic mass is 16.6. The molecule has 0 heterocycles. The van der Waals surface area contributed by atoms with Gasteiger partial charge in [-0.3, -0.25) is 4.79 Å². The summed E-state index contributed by atoms with van der Waals surface area (Å²) in [5, 5.41) is 19.1. The Kier molecular flexibility index (Phi) is 8.44. The fourth-order valence-corrected chi connectivity index (χ4v) is 1.23. The Bertz CT molecular complexity index is 425. The second kappa shape index (κ2) is 9.00. The lowest BCUT2D eigenvalue weighted by Crippen LogP contribution is -2.41. The van der Waals surface area contributed by atoms with Crippen LogP contribution in [0, 0.1) is 5.41 Å². The van der Waals surface area contributed by atoms with Gasteiger partial charge < -0.3 is 24.4 Å². The third kappa shape index (κ3) is 8.68. The number of carbonyl (C=O) groups is 2. The summed E-state index contributed by atoms with van der Waals surface area (Å²) in [6.45, 7) is 10.7. The summed E-state index contributed by atoms with van der Waals surface area (Å²) in [7, 11) is 0. The van der Waals surface area contributed by atoms with Gasteiger partial charge in [0.25, 0.3) is 0 Å². The van der Waals surface area contributed by atoms with Gasteiger partial charge in [-0.05, 0) is 34.6 Å². The Hall–Kier alpha value is -1.44. The van der Waals surface area contributed by atoms with E-state index in [4.69, 9.17) is 14.2 Å². The zero-order chi connectivity index (χ0) is 18.3. The van der Waals surface area contributed by atoms with Crippen molar-refractivity contribution in [2.24, 2.45) is 5.41 Å². The molecule has 134 valence electrons.